The minimum absolute atomic E-state index is 0.0606. The van der Waals surface area contributed by atoms with Gasteiger partial charge in [0.1, 0.15) is 6.10 Å². The molecule has 5 atom stereocenters. The first kappa shape index (κ1) is 24.3. The smallest absolute Gasteiger partial charge is 0.303 e. The normalized spacial score (nSPS) is 25.5. The first-order valence-electron chi connectivity index (χ1n) is 9.98. The first-order valence-corrected chi connectivity index (χ1v) is 9.98. The van der Waals surface area contributed by atoms with Crippen LogP contribution in [0.1, 0.15) is 51.9 Å². The van der Waals surface area contributed by atoms with Crippen molar-refractivity contribution >= 4 is 5.97 Å². The number of aliphatic hydroxyl groups is 3. The Hall–Kier alpha value is -1.73. The highest BCUT2D eigenvalue weighted by Crippen LogP contribution is 2.25. The highest BCUT2D eigenvalue weighted by atomic mass is 16.5. The molecule has 1 fully saturated rings. The van der Waals surface area contributed by atoms with Gasteiger partial charge in [-0.25, -0.2) is 0 Å². The number of carboxylic acid groups (broad SMARTS) is 1. The van der Waals surface area contributed by atoms with E-state index in [1.807, 2.05) is 12.2 Å². The molecule has 0 saturated carbocycles. The Bertz CT molecular complexity index is 551. The fourth-order valence-corrected chi connectivity index (χ4v) is 2.84. The molecule has 1 aliphatic heterocycles. The van der Waals surface area contributed by atoms with E-state index in [0.717, 1.165) is 12.8 Å². The molecule has 0 spiro atoms. The van der Waals surface area contributed by atoms with Crippen molar-refractivity contribution < 1.29 is 30.0 Å². The lowest BCUT2D eigenvalue weighted by Crippen LogP contribution is -2.25. The molecule has 0 aromatic carbocycles. The molecule has 0 aromatic heterocycles. The Morgan fingerprint density at radius 1 is 1.11 bits per heavy atom. The molecule has 0 radical (unpaired) electrons. The topological polar surface area (TPSA) is 107 Å². The van der Waals surface area contributed by atoms with Crippen molar-refractivity contribution in [1.82, 2.24) is 0 Å². The van der Waals surface area contributed by atoms with Crippen LogP contribution >= 0.6 is 0 Å². The van der Waals surface area contributed by atoms with Crippen LogP contribution in [0.15, 0.2) is 48.6 Å². The summed E-state index contributed by atoms with van der Waals surface area (Å²) in [6.07, 6.45) is 15.1. The molecular weight excluding hydrogens is 360 g/mol. The molecular formula is C22H34O6. The molecule has 0 unspecified atom stereocenters. The molecule has 1 saturated heterocycles. The number of aliphatic carboxylic acids is 1. The number of allylic oxidation sites excluding steroid dienone is 4. The first-order chi connectivity index (χ1) is 13.4. The van der Waals surface area contributed by atoms with Crippen molar-refractivity contribution in [2.75, 3.05) is 0 Å². The van der Waals surface area contributed by atoms with Gasteiger partial charge in [-0.1, -0.05) is 55.5 Å². The average molecular weight is 395 g/mol. The lowest BCUT2D eigenvalue weighted by molar-refractivity contribution is -0.136. The van der Waals surface area contributed by atoms with Crippen LogP contribution in [0, 0.1) is 0 Å². The summed E-state index contributed by atoms with van der Waals surface area (Å²) in [7, 11) is 0. The van der Waals surface area contributed by atoms with E-state index in [-0.39, 0.29) is 6.42 Å². The van der Waals surface area contributed by atoms with Gasteiger partial charge in [-0.05, 0) is 32.1 Å². The average Bonchev–Trinajstić information content (AvgIpc) is 3.03. The van der Waals surface area contributed by atoms with Crippen LogP contribution in [-0.4, -0.2) is 56.9 Å². The second-order valence-electron chi connectivity index (χ2n) is 6.92. The van der Waals surface area contributed by atoms with Gasteiger partial charge in [0, 0.05) is 12.8 Å². The van der Waals surface area contributed by atoms with Crippen molar-refractivity contribution in [3.8, 4) is 0 Å². The SMILES string of the molecule is CC/C=C\C/C=C\C[C@H](O)/C=C/[C@@H]1O[C@H]([C@H](O)C/C=C\CCC(=O)O)C[C@H]1O. The van der Waals surface area contributed by atoms with E-state index in [4.69, 9.17) is 9.84 Å². The van der Waals surface area contributed by atoms with Crippen LogP contribution in [0.4, 0.5) is 0 Å². The predicted molar refractivity (Wildman–Crippen MR) is 109 cm³/mol. The van der Waals surface area contributed by atoms with Gasteiger partial charge in [-0.15, -0.1) is 0 Å². The summed E-state index contributed by atoms with van der Waals surface area (Å²) >= 11 is 0. The molecule has 0 bridgehead atoms. The Morgan fingerprint density at radius 3 is 2.54 bits per heavy atom. The molecule has 4 N–H and O–H groups in total. The monoisotopic (exact) mass is 394 g/mol. The summed E-state index contributed by atoms with van der Waals surface area (Å²) in [6, 6.07) is 0. The van der Waals surface area contributed by atoms with Crippen LogP contribution in [-0.2, 0) is 9.53 Å². The van der Waals surface area contributed by atoms with Crippen LogP contribution < -0.4 is 0 Å². The summed E-state index contributed by atoms with van der Waals surface area (Å²) in [5, 5.41) is 38.9. The van der Waals surface area contributed by atoms with E-state index >= 15 is 0 Å². The third kappa shape index (κ3) is 10.6. The summed E-state index contributed by atoms with van der Waals surface area (Å²) < 4.78 is 5.70. The lowest BCUT2D eigenvalue weighted by Gasteiger charge is -2.16. The van der Waals surface area contributed by atoms with Gasteiger partial charge in [0.2, 0.25) is 0 Å². The van der Waals surface area contributed by atoms with E-state index in [9.17, 15) is 20.1 Å². The predicted octanol–water partition coefficient (Wildman–Crippen LogP) is 2.90. The number of hydrogen-bond donors (Lipinski definition) is 4. The van der Waals surface area contributed by atoms with Crippen LogP contribution in [0.2, 0.25) is 0 Å². The van der Waals surface area contributed by atoms with Gasteiger partial charge >= 0.3 is 5.97 Å². The molecule has 1 heterocycles. The second kappa shape index (κ2) is 14.3. The molecule has 6 nitrogen and oxygen atoms in total. The minimum atomic E-state index is -0.854. The zero-order valence-electron chi connectivity index (χ0n) is 16.6. The summed E-state index contributed by atoms with van der Waals surface area (Å²) in [5.74, 6) is -0.854. The quantitative estimate of drug-likeness (QED) is 0.358. The number of carbonyl (C=O) groups is 1. The third-order valence-corrected chi connectivity index (χ3v) is 4.42. The van der Waals surface area contributed by atoms with Gasteiger partial charge in [0.25, 0.3) is 0 Å². The highest BCUT2D eigenvalue weighted by molar-refractivity contribution is 5.66. The van der Waals surface area contributed by atoms with Crippen molar-refractivity contribution in [3.05, 3.63) is 48.6 Å². The largest absolute Gasteiger partial charge is 0.481 e. The standard InChI is InChI=1S/C22H34O6/c1-2-3-4-5-6-8-11-17(23)14-15-20-19(25)16-21(28-20)18(24)12-9-7-10-13-22(26)27/h3-4,6-9,14-15,17-21,23-25H,2,5,10-13,16H2,1H3,(H,26,27)/b4-3-,8-6-,9-7-,15-14+/t17-,18+,19+,20-,21-/m0/s1. The Morgan fingerprint density at radius 2 is 1.82 bits per heavy atom. The minimum Gasteiger partial charge on any atom is -0.481 e. The van der Waals surface area contributed by atoms with E-state index in [1.54, 1.807) is 24.3 Å². The maximum atomic E-state index is 10.4. The van der Waals surface area contributed by atoms with Gasteiger partial charge in [0.05, 0.1) is 24.4 Å². The number of aliphatic hydroxyl groups excluding tert-OH is 3. The van der Waals surface area contributed by atoms with Gasteiger partial charge in [-0.3, -0.25) is 4.79 Å². The fraction of sp³-hybridized carbons (Fsp3) is 0.591. The number of ether oxygens (including phenoxy) is 1. The Balaban J connectivity index is 2.34. The van der Waals surface area contributed by atoms with Crippen molar-refractivity contribution in [3.63, 3.8) is 0 Å². The maximum Gasteiger partial charge on any atom is 0.303 e. The molecule has 0 aliphatic carbocycles. The lowest BCUT2D eigenvalue weighted by atomic mass is 10.0. The number of rotatable bonds is 13. The number of hydrogen-bond acceptors (Lipinski definition) is 5. The van der Waals surface area contributed by atoms with E-state index in [1.165, 1.54) is 0 Å². The Labute approximate surface area is 167 Å². The van der Waals surface area contributed by atoms with E-state index in [2.05, 4.69) is 19.1 Å². The third-order valence-electron chi connectivity index (χ3n) is 4.42. The Kier molecular flexibility index (Phi) is 12.4. The van der Waals surface area contributed by atoms with Gasteiger partial charge < -0.3 is 25.2 Å². The van der Waals surface area contributed by atoms with Crippen molar-refractivity contribution in [2.45, 2.75) is 82.4 Å². The summed E-state index contributed by atoms with van der Waals surface area (Å²) in [6.45, 7) is 2.08. The van der Waals surface area contributed by atoms with Crippen LogP contribution in [0.3, 0.4) is 0 Å². The second-order valence-corrected chi connectivity index (χ2v) is 6.92. The molecule has 0 amide bonds. The molecule has 0 aromatic rings. The molecule has 6 heteroatoms. The molecule has 28 heavy (non-hydrogen) atoms. The van der Waals surface area contributed by atoms with Gasteiger partial charge in [0.15, 0.2) is 0 Å². The molecule has 1 rings (SSSR count). The zero-order valence-corrected chi connectivity index (χ0v) is 16.6. The zero-order chi connectivity index (χ0) is 20.8. The van der Waals surface area contributed by atoms with Crippen LogP contribution in [0.25, 0.3) is 0 Å². The van der Waals surface area contributed by atoms with Crippen LogP contribution in [0.5, 0.6) is 0 Å². The maximum absolute atomic E-state index is 10.4. The molecule has 158 valence electrons. The fourth-order valence-electron chi connectivity index (χ4n) is 2.84. The molecule has 1 aliphatic rings. The van der Waals surface area contributed by atoms with Crippen molar-refractivity contribution in [1.29, 1.82) is 0 Å². The van der Waals surface area contributed by atoms with Gasteiger partial charge in [-0.2, -0.15) is 0 Å². The highest BCUT2D eigenvalue weighted by Gasteiger charge is 2.35. The number of carboxylic acids is 1. The van der Waals surface area contributed by atoms with Crippen molar-refractivity contribution in [2.24, 2.45) is 0 Å². The van der Waals surface area contributed by atoms with E-state index in [0.29, 0.717) is 25.7 Å². The summed E-state index contributed by atoms with van der Waals surface area (Å²) in [5.41, 5.74) is 0. The van der Waals surface area contributed by atoms with E-state index < -0.39 is 36.5 Å². The summed E-state index contributed by atoms with van der Waals surface area (Å²) in [4.78, 5) is 10.4.